The molecule has 0 atom stereocenters. The summed E-state index contributed by atoms with van der Waals surface area (Å²) in [4.78, 5) is 11.1. The number of rotatable bonds is 5. The van der Waals surface area contributed by atoms with Crippen LogP contribution < -0.4 is 0 Å². The van der Waals surface area contributed by atoms with E-state index in [1.807, 2.05) is 13.1 Å². The molecule has 1 aromatic heterocycles. The average Bonchev–Trinajstić information content (AvgIpc) is 2.48. The first-order valence-electron chi connectivity index (χ1n) is 4.21. The van der Waals surface area contributed by atoms with Crippen molar-refractivity contribution in [3.63, 3.8) is 0 Å². The molecule has 1 rings (SSSR count). The number of methoxy groups -OCH3 is 1. The smallest absolute Gasteiger partial charge is 0.158 e. The molecular formula is C9H14N2O2. The van der Waals surface area contributed by atoms with Gasteiger partial charge < -0.3 is 4.74 Å². The van der Waals surface area contributed by atoms with Gasteiger partial charge in [0.1, 0.15) is 6.61 Å². The summed E-state index contributed by atoms with van der Waals surface area (Å²) in [6.45, 7) is 0.206. The first-order chi connectivity index (χ1) is 6.24. The first-order valence-corrected chi connectivity index (χ1v) is 4.21. The molecule has 0 fully saturated rings. The molecule has 0 aliphatic heterocycles. The number of carbonyl (C=O) groups excluding carboxylic acids is 1. The number of carbonyl (C=O) groups is 1. The third-order valence-corrected chi connectivity index (χ3v) is 1.89. The molecule has 0 saturated carbocycles. The highest BCUT2D eigenvalue weighted by molar-refractivity contribution is 5.79. The van der Waals surface area contributed by atoms with Crippen LogP contribution in [0.3, 0.4) is 0 Å². The van der Waals surface area contributed by atoms with E-state index in [2.05, 4.69) is 5.10 Å². The molecule has 0 aromatic carbocycles. The minimum atomic E-state index is 0.128. The van der Waals surface area contributed by atoms with Gasteiger partial charge in [0.05, 0.1) is 0 Å². The Morgan fingerprint density at radius 2 is 2.46 bits per heavy atom. The minimum absolute atomic E-state index is 0.128. The van der Waals surface area contributed by atoms with Crippen LogP contribution in [-0.2, 0) is 23.0 Å². The third kappa shape index (κ3) is 2.99. The average molecular weight is 182 g/mol. The van der Waals surface area contributed by atoms with Crippen LogP contribution in [0, 0.1) is 0 Å². The first kappa shape index (κ1) is 9.92. The van der Waals surface area contributed by atoms with Crippen molar-refractivity contribution in [2.45, 2.75) is 12.8 Å². The Labute approximate surface area is 77.5 Å². The molecule has 0 bridgehead atoms. The molecule has 4 nitrogen and oxygen atoms in total. The highest BCUT2D eigenvalue weighted by Gasteiger charge is 2.03. The molecule has 4 heteroatoms. The lowest BCUT2D eigenvalue weighted by Crippen LogP contribution is -2.09. The quantitative estimate of drug-likeness (QED) is 0.668. The van der Waals surface area contributed by atoms with Gasteiger partial charge in [0.2, 0.25) is 0 Å². The summed E-state index contributed by atoms with van der Waals surface area (Å²) < 4.78 is 6.51. The van der Waals surface area contributed by atoms with Crippen LogP contribution >= 0.6 is 0 Å². The minimum Gasteiger partial charge on any atom is -0.377 e. The van der Waals surface area contributed by atoms with E-state index in [4.69, 9.17) is 4.74 Å². The Kier molecular flexibility index (Phi) is 3.64. The van der Waals surface area contributed by atoms with Gasteiger partial charge in [-0.05, 0) is 12.5 Å². The maximum atomic E-state index is 11.1. The van der Waals surface area contributed by atoms with Crippen LogP contribution in [0.4, 0.5) is 0 Å². The Balaban J connectivity index is 2.35. The SMILES string of the molecule is COCC(=O)CCc1ccnn1C. The van der Waals surface area contributed by atoms with Crippen LogP contribution in [0.15, 0.2) is 12.3 Å². The molecule has 0 aliphatic rings. The maximum absolute atomic E-state index is 11.1. The topological polar surface area (TPSA) is 44.1 Å². The zero-order chi connectivity index (χ0) is 9.68. The fourth-order valence-electron chi connectivity index (χ4n) is 1.15. The Bertz CT molecular complexity index is 281. The van der Waals surface area contributed by atoms with Gasteiger partial charge >= 0.3 is 0 Å². The van der Waals surface area contributed by atoms with Crippen molar-refractivity contribution in [1.29, 1.82) is 0 Å². The van der Waals surface area contributed by atoms with E-state index in [1.165, 1.54) is 7.11 Å². The summed E-state index contributed by atoms with van der Waals surface area (Å²) in [6, 6.07) is 1.92. The van der Waals surface area contributed by atoms with E-state index in [1.54, 1.807) is 10.9 Å². The molecular weight excluding hydrogens is 168 g/mol. The van der Waals surface area contributed by atoms with Gasteiger partial charge in [0.25, 0.3) is 0 Å². The standard InChI is InChI=1S/C9H14N2O2/c1-11-8(5-6-10-11)3-4-9(12)7-13-2/h5-6H,3-4,7H2,1-2H3. The molecule has 0 radical (unpaired) electrons. The molecule has 1 heterocycles. The summed E-state index contributed by atoms with van der Waals surface area (Å²) in [6.07, 6.45) is 2.99. The highest BCUT2D eigenvalue weighted by Crippen LogP contribution is 2.01. The molecule has 0 spiro atoms. The number of Topliss-reactive ketones (excluding diaryl/α,β-unsaturated/α-hetero) is 1. The Morgan fingerprint density at radius 1 is 1.69 bits per heavy atom. The number of ether oxygens (including phenoxy) is 1. The molecule has 13 heavy (non-hydrogen) atoms. The lowest BCUT2D eigenvalue weighted by Gasteiger charge is -2.00. The fraction of sp³-hybridized carbons (Fsp3) is 0.556. The predicted molar refractivity (Wildman–Crippen MR) is 48.4 cm³/mol. The number of aromatic nitrogens is 2. The molecule has 0 N–H and O–H groups in total. The van der Waals surface area contributed by atoms with Gasteiger partial charge in [-0.3, -0.25) is 9.48 Å². The van der Waals surface area contributed by atoms with Gasteiger partial charge in [0, 0.05) is 32.5 Å². The molecule has 0 aliphatic carbocycles. The van der Waals surface area contributed by atoms with Crippen molar-refractivity contribution in [3.8, 4) is 0 Å². The third-order valence-electron chi connectivity index (χ3n) is 1.89. The highest BCUT2D eigenvalue weighted by atomic mass is 16.5. The molecule has 0 unspecified atom stereocenters. The summed E-state index contributed by atoms with van der Waals surface area (Å²) >= 11 is 0. The van der Waals surface area contributed by atoms with Crippen LogP contribution in [-0.4, -0.2) is 29.3 Å². The van der Waals surface area contributed by atoms with E-state index < -0.39 is 0 Å². The van der Waals surface area contributed by atoms with Crippen molar-refractivity contribution >= 4 is 5.78 Å². The van der Waals surface area contributed by atoms with E-state index >= 15 is 0 Å². The lowest BCUT2D eigenvalue weighted by atomic mass is 10.2. The van der Waals surface area contributed by atoms with Gasteiger partial charge in [-0.25, -0.2) is 0 Å². The predicted octanol–water partition coefficient (Wildman–Crippen LogP) is 0.568. The van der Waals surface area contributed by atoms with Crippen LogP contribution in [0.5, 0.6) is 0 Å². The molecule has 0 amide bonds. The van der Waals surface area contributed by atoms with Crippen LogP contribution in [0.1, 0.15) is 12.1 Å². The summed E-state index contributed by atoms with van der Waals surface area (Å²) in [5.41, 5.74) is 1.07. The van der Waals surface area contributed by atoms with Gasteiger partial charge in [0.15, 0.2) is 5.78 Å². The Hall–Kier alpha value is -1.16. The van der Waals surface area contributed by atoms with E-state index in [0.29, 0.717) is 6.42 Å². The summed E-state index contributed by atoms with van der Waals surface area (Å²) in [5, 5.41) is 4.01. The monoisotopic (exact) mass is 182 g/mol. The van der Waals surface area contributed by atoms with E-state index in [0.717, 1.165) is 12.1 Å². The van der Waals surface area contributed by atoms with Crippen molar-refractivity contribution in [2.24, 2.45) is 7.05 Å². The zero-order valence-corrected chi connectivity index (χ0v) is 7.99. The summed E-state index contributed by atoms with van der Waals surface area (Å²) in [5.74, 6) is 0.128. The van der Waals surface area contributed by atoms with Crippen LogP contribution in [0.25, 0.3) is 0 Å². The zero-order valence-electron chi connectivity index (χ0n) is 7.99. The van der Waals surface area contributed by atoms with Crippen molar-refractivity contribution in [3.05, 3.63) is 18.0 Å². The molecule has 0 saturated heterocycles. The number of hydrogen-bond donors (Lipinski definition) is 0. The number of hydrogen-bond acceptors (Lipinski definition) is 3. The lowest BCUT2D eigenvalue weighted by molar-refractivity contribution is -0.122. The van der Waals surface area contributed by atoms with Crippen molar-refractivity contribution < 1.29 is 9.53 Å². The second-order valence-electron chi connectivity index (χ2n) is 2.92. The van der Waals surface area contributed by atoms with Gasteiger partial charge in [-0.1, -0.05) is 0 Å². The Morgan fingerprint density at radius 3 is 3.00 bits per heavy atom. The second kappa shape index (κ2) is 4.77. The normalized spacial score (nSPS) is 10.3. The van der Waals surface area contributed by atoms with Crippen molar-refractivity contribution in [2.75, 3.05) is 13.7 Å². The number of aryl methyl sites for hydroxylation is 2. The van der Waals surface area contributed by atoms with Gasteiger partial charge in [-0.15, -0.1) is 0 Å². The van der Waals surface area contributed by atoms with E-state index in [9.17, 15) is 4.79 Å². The molecule has 72 valence electrons. The maximum Gasteiger partial charge on any atom is 0.158 e. The summed E-state index contributed by atoms with van der Waals surface area (Å²) in [7, 11) is 3.40. The second-order valence-corrected chi connectivity index (χ2v) is 2.92. The largest absolute Gasteiger partial charge is 0.377 e. The van der Waals surface area contributed by atoms with Crippen molar-refractivity contribution in [1.82, 2.24) is 9.78 Å². The fourth-order valence-corrected chi connectivity index (χ4v) is 1.15. The number of nitrogens with zero attached hydrogens (tertiary/aromatic N) is 2. The van der Waals surface area contributed by atoms with E-state index in [-0.39, 0.29) is 12.4 Å². The van der Waals surface area contributed by atoms with Crippen LogP contribution in [0.2, 0.25) is 0 Å². The van der Waals surface area contributed by atoms with Gasteiger partial charge in [-0.2, -0.15) is 5.10 Å². The molecule has 1 aromatic rings. The number of ketones is 1.